The lowest BCUT2D eigenvalue weighted by molar-refractivity contribution is -0.384. The summed E-state index contributed by atoms with van der Waals surface area (Å²) >= 11 is 0. The third-order valence-corrected chi connectivity index (χ3v) is 19.4. The number of anilines is 2. The highest BCUT2D eigenvalue weighted by atomic mass is 35.5. The van der Waals surface area contributed by atoms with Gasteiger partial charge in [0, 0.05) is 37.8 Å². The van der Waals surface area contributed by atoms with Crippen LogP contribution < -0.4 is 35.2 Å². The quantitative estimate of drug-likeness (QED) is 0.0138. The topological polar surface area (TPSA) is 419 Å². The lowest BCUT2D eigenvalue weighted by Gasteiger charge is -2.31. The molecule has 5 aliphatic rings. The van der Waals surface area contributed by atoms with Gasteiger partial charge in [0.2, 0.25) is 0 Å². The van der Waals surface area contributed by atoms with E-state index in [4.69, 9.17) is 67.5 Å². The van der Waals surface area contributed by atoms with E-state index in [0.29, 0.717) is 74.7 Å². The van der Waals surface area contributed by atoms with Crippen molar-refractivity contribution in [3.8, 4) is 17.2 Å². The van der Waals surface area contributed by atoms with E-state index in [0.717, 1.165) is 0 Å². The number of aromatic nitrogens is 6. The SMILES string of the molecule is CC1(C)O[C@H]2[C@H](c3ccc4c(N)ncnn34)O[C@@](CO)(CF)[C@H]2O1.CCC.C[C@H](NP(=O)(OC[C@@]1(CF)O[C@@H](c2ccc3c(N)ncnn23)[C@H](O)[C@@H]1O)Oc1ccccc1)C(=O)OC1CCOCC1.C[C@H](NP(=O)(Oc1ccccc1)Oc1ccc([N+](=O)[O-])cc1)C(=O)OC1CCOCC1.Cl. The number of halogens is 3. The number of hydrogen-bond acceptors (Lipinski definition) is 27. The van der Waals surface area contributed by atoms with E-state index in [2.05, 4.69) is 44.2 Å². The summed E-state index contributed by atoms with van der Waals surface area (Å²) in [7, 11) is -8.55. The highest BCUT2D eigenvalue weighted by Gasteiger charge is 2.64. The molecular weight excluding hydrogens is 1390 g/mol. The van der Waals surface area contributed by atoms with Crippen LogP contribution in [0.25, 0.3) is 11.0 Å². The van der Waals surface area contributed by atoms with Gasteiger partial charge in [-0.2, -0.15) is 20.4 Å². The fourth-order valence-corrected chi connectivity index (χ4v) is 14.2. The van der Waals surface area contributed by atoms with Gasteiger partial charge in [0.05, 0.1) is 56.0 Å². The number of aliphatic hydroxyl groups excluding tert-OH is 3. The zero-order valence-electron chi connectivity index (χ0n) is 56.0. The van der Waals surface area contributed by atoms with E-state index in [1.54, 1.807) is 91.2 Å². The Labute approximate surface area is 585 Å². The highest BCUT2D eigenvalue weighted by Crippen LogP contribution is 2.52. The number of carbonyl (C=O) groups is 2. The van der Waals surface area contributed by atoms with Crippen molar-refractivity contribution in [3.63, 3.8) is 0 Å². The van der Waals surface area contributed by atoms with Crippen LogP contribution in [0.3, 0.4) is 0 Å². The average Bonchev–Trinajstić information content (AvgIpc) is 1.57. The zero-order chi connectivity index (χ0) is 72.0. The molecule has 32 nitrogen and oxygen atoms in total. The van der Waals surface area contributed by atoms with Gasteiger partial charge in [0.25, 0.3) is 5.69 Å². The Kier molecular flexibility index (Phi) is 27.4. The van der Waals surface area contributed by atoms with E-state index >= 15 is 0 Å². The molecule has 5 saturated heterocycles. The number of para-hydroxylation sites is 2. The van der Waals surface area contributed by atoms with E-state index in [-0.39, 0.29) is 59.1 Å². The molecule has 0 amide bonds. The number of nitro groups is 1. The maximum absolute atomic E-state index is 14.7. The Morgan fingerprint density at radius 2 is 1.11 bits per heavy atom. The summed E-state index contributed by atoms with van der Waals surface area (Å²) in [5, 5.41) is 55.9. The van der Waals surface area contributed by atoms with Crippen molar-refractivity contribution in [2.24, 2.45) is 0 Å². The second kappa shape index (κ2) is 35.0. The number of hydrogen-bond donors (Lipinski definition) is 7. The van der Waals surface area contributed by atoms with E-state index in [1.807, 2.05) is 0 Å². The molecule has 12 atom stereocenters. The maximum Gasteiger partial charge on any atom is 0.513 e. The van der Waals surface area contributed by atoms with Gasteiger partial charge >= 0.3 is 27.4 Å². The number of non-ortho nitro benzene ring substituents is 1. The number of nitrogen functional groups attached to an aromatic ring is 2. The monoisotopic (exact) mass is 1480 g/mol. The second-order valence-electron chi connectivity index (χ2n) is 24.3. The van der Waals surface area contributed by atoms with Gasteiger partial charge in [-0.25, -0.2) is 36.9 Å². The van der Waals surface area contributed by atoms with Crippen molar-refractivity contribution >= 4 is 68.2 Å². The van der Waals surface area contributed by atoms with E-state index < -0.39 is 125 Å². The summed E-state index contributed by atoms with van der Waals surface area (Å²) in [5.41, 5.74) is 9.91. The van der Waals surface area contributed by atoms with Gasteiger partial charge in [-0.1, -0.05) is 56.7 Å². The number of aliphatic hydroxyl groups is 3. The van der Waals surface area contributed by atoms with E-state index in [9.17, 15) is 52.9 Å². The van der Waals surface area contributed by atoms with Gasteiger partial charge in [-0.15, -0.1) is 12.4 Å². The number of nitro benzene ring substituents is 1. The molecule has 12 rings (SSSR count). The van der Waals surface area contributed by atoms with Crippen molar-refractivity contribution in [3.05, 3.63) is 143 Å². The van der Waals surface area contributed by atoms with Crippen LogP contribution in [0.2, 0.25) is 0 Å². The fourth-order valence-electron chi connectivity index (χ4n) is 11.1. The molecule has 7 aromatic rings. The van der Waals surface area contributed by atoms with Crippen molar-refractivity contribution in [2.75, 3.05) is 64.5 Å². The van der Waals surface area contributed by atoms with Crippen LogP contribution >= 0.6 is 27.9 Å². The molecule has 4 aromatic heterocycles. The summed E-state index contributed by atoms with van der Waals surface area (Å²) in [5.74, 6) is -1.24. The van der Waals surface area contributed by atoms with Gasteiger partial charge in [0.1, 0.15) is 126 Å². The first-order chi connectivity index (χ1) is 47.8. The first-order valence-electron chi connectivity index (χ1n) is 32.2. The van der Waals surface area contributed by atoms with Crippen LogP contribution in [0.5, 0.6) is 17.2 Å². The standard InChI is InChI=1S/C26H33FN5O9P.C20H23N2O8P.C15H19FN4O4.C3H8.ClH/c1-16(25(35)39-17-9-11-37-12-10-17)31-42(36,41-18-5-3-2-4-6-18)38-14-26(13-27)23(34)21(33)22(40-26)19-7-8-20-24(28)29-15-30-32(19)20;1-15(20(23)28-17-11-13-27-14-12-17)21-31(26,29-18-5-3-2-4-6-18)30-19-9-7-16(8-10-19)22(24)25;1-14(2)22-11-10(23-15(5-16,6-21)12(11)24-14)8-3-4-9-13(17)18-7-19-20(8)9;1-3-2;/h2-8,15-17,21-23,33-34H,9-14H2,1H3,(H,31,36)(H2,28,29,30);2-10,15,17H,11-14H2,1H3,(H,21,26);3-4,7,10-12,21H,5-6H2,1-2H3,(H2,17,18,19);3H2,1-2H3;1H/t16-,21-,22-,23-,26+,42?;15-,31?;10-,11-,12-,15+;;/m000../s1. The minimum atomic E-state index is -4.44. The van der Waals surface area contributed by atoms with Crippen LogP contribution in [0.1, 0.15) is 97.2 Å². The van der Waals surface area contributed by atoms with E-state index in [1.165, 1.54) is 73.8 Å². The molecular formula is C64H84ClF2N11O21P2. The van der Waals surface area contributed by atoms with Gasteiger partial charge < -0.3 is 78.3 Å². The number of fused-ring (bicyclic) bond motifs is 3. The minimum Gasteiger partial charge on any atom is -0.461 e. The average molecular weight is 1480 g/mol. The van der Waals surface area contributed by atoms with Crippen LogP contribution in [-0.4, -0.2) is 180 Å². The Morgan fingerprint density at radius 1 is 0.673 bits per heavy atom. The zero-order valence-corrected chi connectivity index (χ0v) is 58.7. The molecule has 5 fully saturated rings. The summed E-state index contributed by atoms with van der Waals surface area (Å²) in [6.07, 6.45) is -1.23. The normalized spacial score (nSPS) is 24.9. The molecule has 552 valence electrons. The highest BCUT2D eigenvalue weighted by molar-refractivity contribution is 7.52. The van der Waals surface area contributed by atoms with Crippen LogP contribution in [-0.2, 0) is 61.1 Å². The third kappa shape index (κ3) is 19.4. The molecule has 9 N–H and O–H groups in total. The predicted molar refractivity (Wildman–Crippen MR) is 360 cm³/mol. The lowest BCUT2D eigenvalue weighted by atomic mass is 9.96. The third-order valence-electron chi connectivity index (χ3n) is 16.2. The Hall–Kier alpha value is -7.63. The summed E-state index contributed by atoms with van der Waals surface area (Å²) in [6, 6.07) is 25.8. The van der Waals surface area contributed by atoms with Gasteiger partial charge in [-0.3, -0.25) is 24.2 Å². The molecule has 0 radical (unpaired) electrons. The number of nitrogens with one attached hydrogen (secondary N) is 2. The summed E-state index contributed by atoms with van der Waals surface area (Å²) in [6.45, 7) is 9.05. The predicted octanol–water partition coefficient (Wildman–Crippen LogP) is 8.02. The molecule has 5 aliphatic heterocycles. The van der Waals surface area contributed by atoms with Crippen molar-refractivity contribution in [1.29, 1.82) is 0 Å². The molecule has 2 unspecified atom stereocenters. The number of nitrogens with zero attached hydrogens (tertiary/aromatic N) is 7. The molecule has 101 heavy (non-hydrogen) atoms. The van der Waals surface area contributed by atoms with Gasteiger partial charge in [0.15, 0.2) is 17.4 Å². The largest absolute Gasteiger partial charge is 0.513 e. The van der Waals surface area contributed by atoms with Crippen LogP contribution in [0.15, 0.2) is 122 Å². The molecule has 3 aromatic carbocycles. The number of benzene rings is 3. The number of esters is 2. The Balaban J connectivity index is 0.000000195. The number of nitrogens with two attached hydrogens (primary N) is 2. The molecule has 37 heteroatoms. The van der Waals surface area contributed by atoms with Crippen molar-refractivity contribution in [1.82, 2.24) is 39.4 Å². The van der Waals surface area contributed by atoms with Crippen molar-refractivity contribution < 1.29 is 104 Å². The molecule has 9 heterocycles. The maximum atomic E-state index is 14.7. The molecule has 0 spiro atoms. The van der Waals surface area contributed by atoms with Crippen LogP contribution in [0.4, 0.5) is 26.1 Å². The fraction of sp³-hybridized carbons (Fsp3) is 0.500. The molecule has 0 bridgehead atoms. The van der Waals surface area contributed by atoms with Gasteiger partial charge in [-0.05, 0) is 88.4 Å². The molecule has 0 aliphatic carbocycles. The first kappa shape index (κ1) is 79.1. The summed E-state index contributed by atoms with van der Waals surface area (Å²) in [4.78, 5) is 43.4. The number of rotatable bonds is 23. The smallest absolute Gasteiger partial charge is 0.461 e. The molecule has 0 saturated carbocycles. The minimum absolute atomic E-state index is 0. The second-order valence-corrected chi connectivity index (χ2v) is 27.6. The number of alkyl halides is 2. The first-order valence-corrected chi connectivity index (χ1v) is 35.3. The number of carbonyl (C=O) groups excluding carboxylic acids is 2. The number of ether oxygens (including phenoxy) is 8. The Bertz CT molecular complexity index is 3940. The lowest BCUT2D eigenvalue weighted by Crippen LogP contribution is -2.49. The van der Waals surface area contributed by atoms with Crippen molar-refractivity contribution in [2.45, 2.75) is 152 Å². The summed E-state index contributed by atoms with van der Waals surface area (Å²) < 4.78 is 126. The van der Waals surface area contributed by atoms with Crippen LogP contribution in [0, 0.1) is 10.1 Å². The Morgan fingerprint density at radius 3 is 1.56 bits per heavy atom.